The molecule has 2 unspecified atom stereocenters. The van der Waals surface area contributed by atoms with Gasteiger partial charge in [-0.15, -0.1) is 0 Å². The van der Waals surface area contributed by atoms with Crippen LogP contribution in [0, 0.1) is 11.8 Å². The molecule has 0 aromatic carbocycles. The fourth-order valence-electron chi connectivity index (χ4n) is 2.05. The van der Waals surface area contributed by atoms with Crippen molar-refractivity contribution in [1.82, 2.24) is 0 Å². The quantitative estimate of drug-likeness (QED) is 0.648. The van der Waals surface area contributed by atoms with Gasteiger partial charge in [-0.05, 0) is 38.5 Å². The highest BCUT2D eigenvalue weighted by Crippen LogP contribution is 2.50. The third-order valence-electron chi connectivity index (χ3n) is 2.46. The summed E-state index contributed by atoms with van der Waals surface area (Å²) in [6.07, 6.45) is 0.693. The van der Waals surface area contributed by atoms with Crippen molar-refractivity contribution in [2.24, 2.45) is 11.8 Å². The van der Waals surface area contributed by atoms with Crippen LogP contribution in [0.3, 0.4) is 0 Å². The first kappa shape index (κ1) is 18.1. The SMILES string of the molecule is CC(C)CC(C)OP(=O)(CO)OC(C)CC(C)C. The van der Waals surface area contributed by atoms with Crippen molar-refractivity contribution < 1.29 is 18.7 Å². The molecule has 0 saturated heterocycles. The Kier molecular flexibility index (Phi) is 8.37. The fraction of sp³-hybridized carbons (Fsp3) is 1.00. The third kappa shape index (κ3) is 8.25. The molecule has 0 rings (SSSR count). The molecular formula is C13H29O4P. The van der Waals surface area contributed by atoms with E-state index in [1.807, 2.05) is 13.8 Å². The highest BCUT2D eigenvalue weighted by molar-refractivity contribution is 7.53. The number of hydrogen-bond donors (Lipinski definition) is 1. The summed E-state index contributed by atoms with van der Waals surface area (Å²) < 4.78 is 23.1. The minimum Gasteiger partial charge on any atom is -0.384 e. The molecule has 4 nitrogen and oxygen atoms in total. The Balaban J connectivity index is 4.38. The molecule has 0 radical (unpaired) electrons. The van der Waals surface area contributed by atoms with Gasteiger partial charge in [0.05, 0.1) is 12.2 Å². The van der Waals surface area contributed by atoms with Crippen LogP contribution in [0.4, 0.5) is 0 Å². The van der Waals surface area contributed by atoms with Crippen LogP contribution in [0.15, 0.2) is 0 Å². The number of aliphatic hydroxyl groups excluding tert-OH is 1. The number of aliphatic hydroxyl groups is 1. The van der Waals surface area contributed by atoms with Crippen molar-refractivity contribution in [1.29, 1.82) is 0 Å². The van der Waals surface area contributed by atoms with E-state index in [1.165, 1.54) is 0 Å². The summed E-state index contributed by atoms with van der Waals surface area (Å²) in [6.45, 7) is 12.0. The van der Waals surface area contributed by atoms with Crippen molar-refractivity contribution in [3.05, 3.63) is 0 Å². The van der Waals surface area contributed by atoms with Gasteiger partial charge in [0.1, 0.15) is 6.35 Å². The van der Waals surface area contributed by atoms with E-state index in [1.54, 1.807) is 0 Å². The maximum absolute atomic E-state index is 12.3. The first-order chi connectivity index (χ1) is 8.18. The smallest absolute Gasteiger partial charge is 0.356 e. The highest BCUT2D eigenvalue weighted by Gasteiger charge is 2.29. The molecular weight excluding hydrogens is 251 g/mol. The van der Waals surface area contributed by atoms with E-state index < -0.39 is 13.9 Å². The van der Waals surface area contributed by atoms with Crippen LogP contribution in [0.25, 0.3) is 0 Å². The minimum absolute atomic E-state index is 0.172. The monoisotopic (exact) mass is 280 g/mol. The predicted molar refractivity (Wildman–Crippen MR) is 74.7 cm³/mol. The molecule has 110 valence electrons. The zero-order valence-electron chi connectivity index (χ0n) is 12.5. The van der Waals surface area contributed by atoms with Crippen molar-refractivity contribution in [3.8, 4) is 0 Å². The van der Waals surface area contributed by atoms with Gasteiger partial charge < -0.3 is 14.2 Å². The maximum atomic E-state index is 12.3. The van der Waals surface area contributed by atoms with Crippen molar-refractivity contribution in [3.63, 3.8) is 0 Å². The molecule has 1 N–H and O–H groups in total. The second kappa shape index (κ2) is 8.31. The van der Waals surface area contributed by atoms with Crippen LogP contribution < -0.4 is 0 Å². The maximum Gasteiger partial charge on any atom is 0.356 e. The molecule has 2 atom stereocenters. The zero-order chi connectivity index (χ0) is 14.3. The Bertz CT molecular complexity index is 244. The topological polar surface area (TPSA) is 55.8 Å². The molecule has 0 aromatic rings. The average molecular weight is 280 g/mol. The van der Waals surface area contributed by atoms with E-state index in [0.717, 1.165) is 12.8 Å². The third-order valence-corrected chi connectivity index (χ3v) is 4.17. The Hall–Kier alpha value is 0.110. The Labute approximate surface area is 112 Å². The van der Waals surface area contributed by atoms with Crippen LogP contribution in [0.5, 0.6) is 0 Å². The predicted octanol–water partition coefficient (Wildman–Crippen LogP) is 4.03. The van der Waals surface area contributed by atoms with Crippen LogP contribution in [-0.2, 0) is 13.6 Å². The lowest BCUT2D eigenvalue weighted by Crippen LogP contribution is -2.16. The van der Waals surface area contributed by atoms with Gasteiger partial charge in [0, 0.05) is 0 Å². The molecule has 0 aromatic heterocycles. The summed E-state index contributed by atoms with van der Waals surface area (Å²) in [5.74, 6) is 0.917. The highest BCUT2D eigenvalue weighted by atomic mass is 31.2. The summed E-state index contributed by atoms with van der Waals surface area (Å²) >= 11 is 0. The van der Waals surface area contributed by atoms with Gasteiger partial charge in [-0.1, -0.05) is 27.7 Å². The van der Waals surface area contributed by atoms with Gasteiger partial charge >= 0.3 is 7.60 Å². The largest absolute Gasteiger partial charge is 0.384 e. The second-order valence-electron chi connectivity index (χ2n) is 5.84. The van der Waals surface area contributed by atoms with Gasteiger partial charge in [0.25, 0.3) is 0 Å². The number of rotatable bonds is 9. The lowest BCUT2D eigenvalue weighted by molar-refractivity contribution is 0.0959. The van der Waals surface area contributed by atoms with Gasteiger partial charge in [-0.2, -0.15) is 0 Å². The molecule has 0 bridgehead atoms. The number of hydrogen-bond acceptors (Lipinski definition) is 4. The van der Waals surface area contributed by atoms with Gasteiger partial charge in [0.15, 0.2) is 0 Å². The molecule has 0 aliphatic carbocycles. The summed E-state index contributed by atoms with van der Waals surface area (Å²) in [6, 6.07) is 0. The fourth-order valence-corrected chi connectivity index (χ4v) is 3.51. The van der Waals surface area contributed by atoms with Gasteiger partial charge in [0.2, 0.25) is 0 Å². The lowest BCUT2D eigenvalue weighted by atomic mass is 10.1. The molecule has 0 spiro atoms. The Morgan fingerprint density at radius 1 is 0.889 bits per heavy atom. The lowest BCUT2D eigenvalue weighted by Gasteiger charge is -2.25. The van der Waals surface area contributed by atoms with Crippen molar-refractivity contribution in [2.45, 2.75) is 66.6 Å². The molecule has 0 heterocycles. The van der Waals surface area contributed by atoms with Crippen molar-refractivity contribution in [2.75, 3.05) is 6.35 Å². The minimum atomic E-state index is -3.37. The summed E-state index contributed by atoms with van der Waals surface area (Å²) in [4.78, 5) is 0. The average Bonchev–Trinajstić information content (AvgIpc) is 2.13. The molecule has 0 saturated carbocycles. The molecule has 0 amide bonds. The zero-order valence-corrected chi connectivity index (χ0v) is 13.4. The van der Waals surface area contributed by atoms with Crippen LogP contribution >= 0.6 is 7.60 Å². The van der Waals surface area contributed by atoms with Gasteiger partial charge in [-0.3, -0.25) is 4.57 Å². The van der Waals surface area contributed by atoms with E-state index in [-0.39, 0.29) is 12.2 Å². The van der Waals surface area contributed by atoms with E-state index in [2.05, 4.69) is 27.7 Å². The van der Waals surface area contributed by atoms with Crippen LogP contribution in [0.2, 0.25) is 0 Å². The van der Waals surface area contributed by atoms with E-state index in [4.69, 9.17) is 9.05 Å². The van der Waals surface area contributed by atoms with E-state index >= 15 is 0 Å². The standard InChI is InChI=1S/C13H29O4P/c1-10(2)7-12(5)16-18(15,9-14)17-13(6)8-11(3)4/h10-14H,7-9H2,1-6H3. The first-order valence-electron chi connectivity index (χ1n) is 6.75. The Morgan fingerprint density at radius 3 is 1.44 bits per heavy atom. The molecule has 18 heavy (non-hydrogen) atoms. The Morgan fingerprint density at radius 2 is 1.22 bits per heavy atom. The first-order valence-corrected chi connectivity index (χ1v) is 8.48. The molecule has 5 heteroatoms. The molecule has 0 aliphatic rings. The van der Waals surface area contributed by atoms with Crippen molar-refractivity contribution >= 4 is 7.60 Å². The summed E-state index contributed by atoms with van der Waals surface area (Å²) in [5.41, 5.74) is 0. The normalized spacial score (nSPS) is 18.9. The van der Waals surface area contributed by atoms with E-state index in [0.29, 0.717) is 11.8 Å². The molecule has 0 aliphatic heterocycles. The second-order valence-corrected chi connectivity index (χ2v) is 7.77. The summed E-state index contributed by atoms with van der Waals surface area (Å²) in [7, 11) is -3.37. The molecule has 0 fully saturated rings. The van der Waals surface area contributed by atoms with Crippen LogP contribution in [-0.4, -0.2) is 23.7 Å². The van der Waals surface area contributed by atoms with Crippen LogP contribution in [0.1, 0.15) is 54.4 Å². The van der Waals surface area contributed by atoms with Gasteiger partial charge in [-0.25, -0.2) is 0 Å². The summed E-state index contributed by atoms with van der Waals surface area (Å²) in [5, 5.41) is 9.24. The van der Waals surface area contributed by atoms with E-state index in [9.17, 15) is 9.67 Å².